The SMILES string of the molecule is Cc1cnn([C@H](C)C2CC2)c1NC(=O)Cn1cccnc1=O. The largest absolute Gasteiger partial charge is 0.347 e. The lowest BCUT2D eigenvalue weighted by molar-refractivity contribution is -0.116. The number of aryl methyl sites for hydroxylation is 1. The minimum Gasteiger partial charge on any atom is -0.309 e. The normalized spacial score (nSPS) is 15.5. The van der Waals surface area contributed by atoms with E-state index in [9.17, 15) is 9.59 Å². The van der Waals surface area contributed by atoms with Gasteiger partial charge in [-0.05, 0) is 38.7 Å². The number of nitrogens with one attached hydrogen (secondary N) is 1. The third-order valence-corrected chi connectivity index (χ3v) is 4.02. The molecule has 0 unspecified atom stereocenters. The predicted octanol–water partition coefficient (Wildman–Crippen LogP) is 1.36. The smallest absolute Gasteiger partial charge is 0.309 e. The first-order valence-corrected chi connectivity index (χ1v) is 7.41. The van der Waals surface area contributed by atoms with Crippen LogP contribution in [0.3, 0.4) is 0 Å². The maximum absolute atomic E-state index is 12.2. The molecule has 0 bridgehead atoms. The number of carbonyl (C=O) groups is 1. The Kier molecular flexibility index (Phi) is 3.79. The molecule has 1 aliphatic carbocycles. The third kappa shape index (κ3) is 2.93. The fraction of sp³-hybridized carbons (Fsp3) is 0.467. The van der Waals surface area contributed by atoms with Crippen LogP contribution in [0.2, 0.25) is 0 Å². The van der Waals surface area contributed by atoms with Gasteiger partial charge in [-0.15, -0.1) is 0 Å². The van der Waals surface area contributed by atoms with Crippen molar-refractivity contribution in [2.75, 3.05) is 5.32 Å². The van der Waals surface area contributed by atoms with Crippen molar-refractivity contribution in [1.29, 1.82) is 0 Å². The van der Waals surface area contributed by atoms with Gasteiger partial charge >= 0.3 is 5.69 Å². The van der Waals surface area contributed by atoms with E-state index in [0.717, 1.165) is 5.56 Å². The van der Waals surface area contributed by atoms with Crippen molar-refractivity contribution in [3.05, 3.63) is 40.7 Å². The van der Waals surface area contributed by atoms with Crippen molar-refractivity contribution in [1.82, 2.24) is 19.3 Å². The van der Waals surface area contributed by atoms with Gasteiger partial charge in [0.05, 0.1) is 12.2 Å². The molecular weight excluding hydrogens is 282 g/mol. The molecule has 0 spiro atoms. The molecule has 1 saturated carbocycles. The molecule has 0 aliphatic heterocycles. The van der Waals surface area contributed by atoms with Gasteiger partial charge in [0.15, 0.2) is 0 Å². The lowest BCUT2D eigenvalue weighted by Gasteiger charge is -2.16. The average molecular weight is 301 g/mol. The van der Waals surface area contributed by atoms with Crippen LogP contribution in [0, 0.1) is 12.8 Å². The second kappa shape index (κ2) is 5.75. The van der Waals surface area contributed by atoms with E-state index in [2.05, 4.69) is 22.3 Å². The van der Waals surface area contributed by atoms with Crippen molar-refractivity contribution >= 4 is 11.7 Å². The Bertz CT molecular complexity index is 744. The molecule has 1 N–H and O–H groups in total. The van der Waals surface area contributed by atoms with Crippen molar-refractivity contribution < 1.29 is 4.79 Å². The second-order valence-electron chi connectivity index (χ2n) is 5.78. The molecule has 1 amide bonds. The van der Waals surface area contributed by atoms with Crippen LogP contribution in [-0.2, 0) is 11.3 Å². The first kappa shape index (κ1) is 14.5. The van der Waals surface area contributed by atoms with E-state index < -0.39 is 5.69 Å². The van der Waals surface area contributed by atoms with Gasteiger partial charge in [-0.1, -0.05) is 0 Å². The van der Waals surface area contributed by atoms with Crippen molar-refractivity contribution in [2.24, 2.45) is 5.92 Å². The van der Waals surface area contributed by atoms with Gasteiger partial charge in [0.1, 0.15) is 12.4 Å². The number of amides is 1. The van der Waals surface area contributed by atoms with Crippen molar-refractivity contribution in [3.63, 3.8) is 0 Å². The summed E-state index contributed by atoms with van der Waals surface area (Å²) in [4.78, 5) is 27.4. The molecule has 0 radical (unpaired) electrons. The van der Waals surface area contributed by atoms with Crippen LogP contribution in [0.5, 0.6) is 0 Å². The number of hydrogen-bond acceptors (Lipinski definition) is 4. The summed E-state index contributed by atoms with van der Waals surface area (Å²) in [5.41, 5.74) is 0.480. The summed E-state index contributed by atoms with van der Waals surface area (Å²) in [7, 11) is 0. The van der Waals surface area contributed by atoms with Crippen LogP contribution in [0.25, 0.3) is 0 Å². The molecule has 1 fully saturated rings. The van der Waals surface area contributed by atoms with Gasteiger partial charge in [0.2, 0.25) is 5.91 Å². The Balaban J connectivity index is 1.75. The summed E-state index contributed by atoms with van der Waals surface area (Å²) >= 11 is 0. The highest BCUT2D eigenvalue weighted by Crippen LogP contribution is 2.40. The molecule has 7 heteroatoms. The van der Waals surface area contributed by atoms with Gasteiger partial charge in [-0.25, -0.2) is 14.5 Å². The summed E-state index contributed by atoms with van der Waals surface area (Å²) in [6, 6.07) is 1.89. The highest BCUT2D eigenvalue weighted by atomic mass is 16.2. The van der Waals surface area contributed by atoms with E-state index in [1.165, 1.54) is 23.6 Å². The molecule has 2 aromatic rings. The average Bonchev–Trinajstić information content (AvgIpc) is 3.27. The molecule has 2 aromatic heterocycles. The summed E-state index contributed by atoms with van der Waals surface area (Å²) in [5.74, 6) is 1.08. The topological polar surface area (TPSA) is 81.8 Å². The van der Waals surface area contributed by atoms with Gasteiger partial charge in [0, 0.05) is 18.0 Å². The molecule has 0 saturated heterocycles. The summed E-state index contributed by atoms with van der Waals surface area (Å²) in [5, 5.41) is 7.25. The number of anilines is 1. The molecule has 1 aliphatic rings. The Hall–Kier alpha value is -2.44. The second-order valence-corrected chi connectivity index (χ2v) is 5.78. The van der Waals surface area contributed by atoms with Gasteiger partial charge in [-0.3, -0.25) is 9.36 Å². The zero-order chi connectivity index (χ0) is 15.7. The predicted molar refractivity (Wildman–Crippen MR) is 81.5 cm³/mol. The number of carbonyl (C=O) groups excluding carboxylic acids is 1. The van der Waals surface area contributed by atoms with Crippen LogP contribution >= 0.6 is 0 Å². The zero-order valence-corrected chi connectivity index (χ0v) is 12.7. The van der Waals surface area contributed by atoms with Gasteiger partial charge in [0.25, 0.3) is 0 Å². The molecule has 22 heavy (non-hydrogen) atoms. The van der Waals surface area contributed by atoms with E-state index in [4.69, 9.17) is 0 Å². The van der Waals surface area contributed by atoms with Gasteiger partial charge < -0.3 is 5.32 Å². The maximum Gasteiger partial charge on any atom is 0.347 e. The third-order valence-electron chi connectivity index (χ3n) is 4.02. The van der Waals surface area contributed by atoms with Crippen molar-refractivity contribution in [3.8, 4) is 0 Å². The summed E-state index contributed by atoms with van der Waals surface area (Å²) in [6.45, 7) is 3.97. The fourth-order valence-electron chi connectivity index (χ4n) is 2.53. The first-order valence-electron chi connectivity index (χ1n) is 7.41. The molecule has 1 atom stereocenters. The standard InChI is InChI=1S/C15H19N5O2/c1-10-8-17-20(11(2)12-4-5-12)14(10)18-13(21)9-19-7-3-6-16-15(19)22/h3,6-8,11-12H,4-5,9H2,1-2H3,(H,18,21)/t11-/m1/s1. The zero-order valence-electron chi connectivity index (χ0n) is 12.7. The lowest BCUT2D eigenvalue weighted by Crippen LogP contribution is -2.29. The molecule has 2 heterocycles. The van der Waals surface area contributed by atoms with Crippen molar-refractivity contribution in [2.45, 2.75) is 39.3 Å². The Labute approximate surface area is 128 Å². The molecule has 116 valence electrons. The fourth-order valence-corrected chi connectivity index (χ4v) is 2.53. The Morgan fingerprint density at radius 1 is 1.50 bits per heavy atom. The van der Waals surface area contributed by atoms with E-state index in [0.29, 0.717) is 11.7 Å². The monoisotopic (exact) mass is 301 g/mol. The first-order chi connectivity index (χ1) is 10.6. The van der Waals surface area contributed by atoms with Crippen LogP contribution in [0.4, 0.5) is 5.82 Å². The summed E-state index contributed by atoms with van der Waals surface area (Å²) in [6.07, 6.45) is 7.13. The number of aromatic nitrogens is 4. The molecule has 3 rings (SSSR count). The lowest BCUT2D eigenvalue weighted by atomic mass is 10.2. The Morgan fingerprint density at radius 3 is 2.95 bits per heavy atom. The quantitative estimate of drug-likeness (QED) is 0.904. The van der Waals surface area contributed by atoms with E-state index in [1.807, 2.05) is 11.6 Å². The molecular formula is C15H19N5O2. The number of rotatable bonds is 5. The summed E-state index contributed by atoms with van der Waals surface area (Å²) < 4.78 is 3.15. The van der Waals surface area contributed by atoms with Gasteiger partial charge in [-0.2, -0.15) is 5.10 Å². The Morgan fingerprint density at radius 2 is 2.27 bits per heavy atom. The van der Waals surface area contributed by atoms with Crippen LogP contribution in [-0.4, -0.2) is 25.2 Å². The van der Waals surface area contributed by atoms with Crippen LogP contribution < -0.4 is 11.0 Å². The number of hydrogen-bond donors (Lipinski definition) is 1. The number of nitrogens with zero attached hydrogens (tertiary/aromatic N) is 4. The van der Waals surface area contributed by atoms with Crippen LogP contribution in [0.1, 0.15) is 31.4 Å². The molecule has 0 aromatic carbocycles. The molecule has 7 nitrogen and oxygen atoms in total. The van der Waals surface area contributed by atoms with E-state index in [1.54, 1.807) is 18.5 Å². The highest BCUT2D eigenvalue weighted by molar-refractivity contribution is 5.90. The minimum atomic E-state index is -0.436. The van der Waals surface area contributed by atoms with Crippen LogP contribution in [0.15, 0.2) is 29.5 Å². The minimum absolute atomic E-state index is 0.0604. The van der Waals surface area contributed by atoms with E-state index >= 15 is 0 Å². The maximum atomic E-state index is 12.2. The van der Waals surface area contributed by atoms with E-state index in [-0.39, 0.29) is 18.5 Å². The highest BCUT2D eigenvalue weighted by Gasteiger charge is 2.31.